The number of benzene rings is 2. The van der Waals surface area contributed by atoms with Crippen molar-refractivity contribution >= 4 is 27.2 Å². The van der Waals surface area contributed by atoms with Crippen LogP contribution in [-0.4, -0.2) is 53.8 Å². The summed E-state index contributed by atoms with van der Waals surface area (Å²) in [5, 5.41) is 3.69. The van der Waals surface area contributed by atoms with Gasteiger partial charge in [-0.05, 0) is 43.6 Å². The number of aromatic nitrogens is 2. The maximum atomic E-state index is 14.3. The molecule has 1 aromatic heterocycles. The summed E-state index contributed by atoms with van der Waals surface area (Å²) in [7, 11) is -3.93. The van der Waals surface area contributed by atoms with Gasteiger partial charge in [0.25, 0.3) is 0 Å². The van der Waals surface area contributed by atoms with E-state index in [2.05, 4.69) is 10.3 Å². The average molecular weight is 531 g/mol. The molecule has 10 heteroatoms. The fraction of sp³-hybridized carbons (Fsp3) is 0.385. The van der Waals surface area contributed by atoms with Gasteiger partial charge in [-0.2, -0.15) is 0 Å². The van der Waals surface area contributed by atoms with E-state index in [0.717, 1.165) is 25.0 Å². The Balaban J connectivity index is 1.68. The Hall–Kier alpha value is -2.82. The van der Waals surface area contributed by atoms with E-state index in [1.165, 1.54) is 18.2 Å². The third kappa shape index (κ3) is 6.48. The van der Waals surface area contributed by atoms with Crippen LogP contribution in [0.1, 0.15) is 36.6 Å². The molecular formula is C26H31FN4O3S2. The molecule has 0 radical (unpaired) electrons. The molecule has 0 saturated carbocycles. The van der Waals surface area contributed by atoms with Crippen LogP contribution in [0.15, 0.2) is 66.0 Å². The second-order valence-electron chi connectivity index (χ2n) is 8.81. The van der Waals surface area contributed by atoms with Crippen molar-refractivity contribution in [1.29, 1.82) is 0 Å². The van der Waals surface area contributed by atoms with Crippen LogP contribution in [0.4, 0.5) is 4.39 Å². The number of imidazole rings is 1. The smallest absolute Gasteiger partial charge is 0.228 e. The van der Waals surface area contributed by atoms with Crippen LogP contribution in [-0.2, 0) is 33.4 Å². The molecule has 1 fully saturated rings. The second-order valence-corrected chi connectivity index (χ2v) is 11.1. The quantitative estimate of drug-likeness (QED) is 0.398. The maximum absolute atomic E-state index is 14.3. The van der Waals surface area contributed by atoms with E-state index in [4.69, 9.17) is 17.0 Å². The van der Waals surface area contributed by atoms with Crippen molar-refractivity contribution in [2.45, 2.75) is 49.9 Å². The molecule has 0 spiro atoms. The Bertz CT molecular complexity index is 1280. The van der Waals surface area contributed by atoms with Crippen molar-refractivity contribution in [3.8, 4) is 0 Å². The van der Waals surface area contributed by atoms with Gasteiger partial charge >= 0.3 is 0 Å². The van der Waals surface area contributed by atoms with E-state index in [-0.39, 0.29) is 16.8 Å². The van der Waals surface area contributed by atoms with Gasteiger partial charge in [-0.15, -0.1) is 0 Å². The number of thiocarbonyl (C=S) groups is 1. The first-order valence-corrected chi connectivity index (χ1v) is 14.1. The standard InChI is InChI=1S/C26H31FN4O3S2/c1-2-28-25(35)30(18-23-12-8-14-34-23)17-22-15-29-26(31(22)16-20-9-4-3-5-10-20)36(32,33)19-21-11-6-7-13-24(21)27/h3-7,9-11,13,15,23H,2,8,12,14,16-19H2,1H3,(H,28,35)/t23-/m0/s1. The van der Waals surface area contributed by atoms with Crippen molar-refractivity contribution in [3.05, 3.63) is 83.4 Å². The lowest BCUT2D eigenvalue weighted by atomic mass is 10.2. The predicted octanol–water partition coefficient (Wildman–Crippen LogP) is 3.92. The molecule has 0 bridgehead atoms. The molecule has 2 aromatic carbocycles. The first kappa shape index (κ1) is 26.2. The summed E-state index contributed by atoms with van der Waals surface area (Å²) >= 11 is 5.63. The van der Waals surface area contributed by atoms with Crippen LogP contribution >= 0.6 is 12.2 Å². The lowest BCUT2D eigenvalue weighted by Gasteiger charge is -2.28. The summed E-state index contributed by atoms with van der Waals surface area (Å²) in [5.74, 6) is -1.03. The van der Waals surface area contributed by atoms with E-state index in [0.29, 0.717) is 37.0 Å². The SMILES string of the molecule is CCNC(=S)N(Cc1cnc(S(=O)(=O)Cc2ccccc2F)n1Cc1ccccc1)C[C@@H]1CCCO1. The predicted molar refractivity (Wildman–Crippen MR) is 141 cm³/mol. The van der Waals surface area contributed by atoms with Crippen LogP contribution in [0.25, 0.3) is 0 Å². The highest BCUT2D eigenvalue weighted by Gasteiger charge is 2.27. The number of rotatable bonds is 10. The van der Waals surface area contributed by atoms with Gasteiger partial charge in [0.05, 0.1) is 36.8 Å². The molecule has 36 heavy (non-hydrogen) atoms. The highest BCUT2D eigenvalue weighted by Crippen LogP contribution is 2.22. The summed E-state index contributed by atoms with van der Waals surface area (Å²) in [6.45, 7) is 4.65. The maximum Gasteiger partial charge on any atom is 0.228 e. The van der Waals surface area contributed by atoms with Gasteiger partial charge in [0.2, 0.25) is 15.0 Å². The van der Waals surface area contributed by atoms with Crippen LogP contribution in [0.3, 0.4) is 0 Å². The number of ether oxygens (including phenoxy) is 1. The first-order valence-electron chi connectivity index (χ1n) is 12.1. The molecule has 0 aliphatic carbocycles. The summed E-state index contributed by atoms with van der Waals surface area (Å²) in [4.78, 5) is 6.33. The van der Waals surface area contributed by atoms with Gasteiger partial charge in [0, 0.05) is 25.3 Å². The minimum absolute atomic E-state index is 0.0661. The van der Waals surface area contributed by atoms with Crippen LogP contribution < -0.4 is 5.32 Å². The molecule has 1 atom stereocenters. The Morgan fingerprint density at radius 1 is 1.22 bits per heavy atom. The third-order valence-corrected chi connectivity index (χ3v) is 8.06. The monoisotopic (exact) mass is 530 g/mol. The fourth-order valence-electron chi connectivity index (χ4n) is 4.30. The Labute approximate surface area is 217 Å². The normalized spacial score (nSPS) is 15.7. The molecule has 1 aliphatic heterocycles. The Morgan fingerprint density at radius 2 is 1.97 bits per heavy atom. The molecular weight excluding hydrogens is 499 g/mol. The van der Waals surface area contributed by atoms with E-state index >= 15 is 0 Å². The summed E-state index contributed by atoms with van der Waals surface area (Å²) < 4.78 is 48.7. The molecule has 4 rings (SSSR count). The number of sulfone groups is 1. The van der Waals surface area contributed by atoms with Gasteiger partial charge in [0.15, 0.2) is 5.11 Å². The molecule has 7 nitrogen and oxygen atoms in total. The Kier molecular flexibility index (Phi) is 8.71. The highest BCUT2D eigenvalue weighted by atomic mass is 32.2. The van der Waals surface area contributed by atoms with Crippen LogP contribution in [0.2, 0.25) is 0 Å². The van der Waals surface area contributed by atoms with Crippen molar-refractivity contribution in [2.75, 3.05) is 19.7 Å². The number of halogens is 1. The van der Waals surface area contributed by atoms with Crippen molar-refractivity contribution in [3.63, 3.8) is 0 Å². The fourth-order valence-corrected chi connectivity index (χ4v) is 6.09. The van der Waals surface area contributed by atoms with E-state index in [1.807, 2.05) is 42.2 Å². The largest absolute Gasteiger partial charge is 0.376 e. The first-order chi connectivity index (χ1) is 17.4. The number of hydrogen-bond acceptors (Lipinski definition) is 5. The Morgan fingerprint density at radius 3 is 2.67 bits per heavy atom. The van der Waals surface area contributed by atoms with Gasteiger partial charge in [0.1, 0.15) is 5.82 Å². The second kappa shape index (κ2) is 11.9. The zero-order valence-electron chi connectivity index (χ0n) is 20.3. The third-order valence-electron chi connectivity index (χ3n) is 6.08. The summed E-state index contributed by atoms with van der Waals surface area (Å²) in [5.41, 5.74) is 1.74. The van der Waals surface area contributed by atoms with E-state index < -0.39 is 21.4 Å². The van der Waals surface area contributed by atoms with Crippen molar-refractivity contribution in [2.24, 2.45) is 0 Å². The molecule has 1 aliphatic rings. The van der Waals surface area contributed by atoms with Crippen LogP contribution in [0.5, 0.6) is 0 Å². The molecule has 0 amide bonds. The molecule has 1 N–H and O–H groups in total. The topological polar surface area (TPSA) is 76.5 Å². The van der Waals surface area contributed by atoms with Crippen molar-refractivity contribution in [1.82, 2.24) is 19.8 Å². The van der Waals surface area contributed by atoms with Gasteiger partial charge in [-0.25, -0.2) is 17.8 Å². The van der Waals surface area contributed by atoms with Gasteiger partial charge in [-0.1, -0.05) is 48.5 Å². The van der Waals surface area contributed by atoms with E-state index in [1.54, 1.807) is 16.8 Å². The average Bonchev–Trinajstić information content (AvgIpc) is 3.51. The lowest BCUT2D eigenvalue weighted by molar-refractivity contribution is 0.0893. The lowest BCUT2D eigenvalue weighted by Crippen LogP contribution is -2.43. The zero-order valence-corrected chi connectivity index (χ0v) is 21.9. The summed E-state index contributed by atoms with van der Waals surface area (Å²) in [6, 6.07) is 15.5. The van der Waals surface area contributed by atoms with Crippen LogP contribution in [0, 0.1) is 5.82 Å². The zero-order chi connectivity index (χ0) is 25.5. The number of nitrogens with one attached hydrogen (secondary N) is 1. The van der Waals surface area contributed by atoms with Gasteiger partial charge < -0.3 is 19.5 Å². The number of nitrogens with zero attached hydrogens (tertiary/aromatic N) is 3. The van der Waals surface area contributed by atoms with Gasteiger partial charge in [-0.3, -0.25) is 0 Å². The molecule has 192 valence electrons. The minimum atomic E-state index is -3.93. The molecule has 1 saturated heterocycles. The number of hydrogen-bond donors (Lipinski definition) is 1. The molecule has 0 unspecified atom stereocenters. The molecule has 2 heterocycles. The minimum Gasteiger partial charge on any atom is -0.376 e. The highest BCUT2D eigenvalue weighted by molar-refractivity contribution is 7.90. The van der Waals surface area contributed by atoms with E-state index in [9.17, 15) is 12.8 Å². The van der Waals surface area contributed by atoms with Crippen molar-refractivity contribution < 1.29 is 17.5 Å². The summed E-state index contributed by atoms with van der Waals surface area (Å²) in [6.07, 6.45) is 3.61. The molecule has 3 aromatic rings.